The van der Waals surface area contributed by atoms with Crippen LogP contribution in [0.25, 0.3) is 0 Å². The van der Waals surface area contributed by atoms with Gasteiger partial charge in [0.1, 0.15) is 6.04 Å². The highest BCUT2D eigenvalue weighted by Crippen LogP contribution is 2.28. The summed E-state index contributed by atoms with van der Waals surface area (Å²) in [6.45, 7) is 3.46. The minimum Gasteiger partial charge on any atom is -0.480 e. The molecule has 2 aromatic carbocycles. The predicted octanol–water partition coefficient (Wildman–Crippen LogP) is 2.86. The van der Waals surface area contributed by atoms with Crippen LogP contribution in [0.2, 0.25) is 0 Å². The number of rotatable bonds is 3. The van der Waals surface area contributed by atoms with Gasteiger partial charge in [0.05, 0.1) is 4.92 Å². The van der Waals surface area contributed by atoms with Crippen LogP contribution in [0.3, 0.4) is 0 Å². The average Bonchev–Trinajstić information content (AvgIpc) is 2.59. The first-order chi connectivity index (χ1) is 12.3. The SMILES string of the molecule is Cc1cc(C)c([N+](=O)[O-])cc1C(=O)N1Cc2ccccc2CC1C(=O)O. The Morgan fingerprint density at radius 1 is 1.15 bits per heavy atom. The Bertz CT molecular complexity index is 922. The largest absolute Gasteiger partial charge is 0.480 e. The number of nitrogens with zero attached hydrogens (tertiary/aromatic N) is 2. The Labute approximate surface area is 150 Å². The Hall–Kier alpha value is -3.22. The maximum Gasteiger partial charge on any atom is 0.326 e. The first kappa shape index (κ1) is 17.6. The van der Waals surface area contributed by atoms with E-state index >= 15 is 0 Å². The lowest BCUT2D eigenvalue weighted by Gasteiger charge is -2.34. The van der Waals surface area contributed by atoms with Crippen LogP contribution in [0.5, 0.6) is 0 Å². The topological polar surface area (TPSA) is 101 Å². The summed E-state index contributed by atoms with van der Waals surface area (Å²) in [5.41, 5.74) is 2.84. The third-order valence-corrected chi connectivity index (χ3v) is 4.76. The van der Waals surface area contributed by atoms with Gasteiger partial charge in [-0.3, -0.25) is 14.9 Å². The number of carbonyl (C=O) groups is 2. The van der Waals surface area contributed by atoms with Crippen molar-refractivity contribution in [3.63, 3.8) is 0 Å². The smallest absolute Gasteiger partial charge is 0.326 e. The van der Waals surface area contributed by atoms with E-state index in [1.54, 1.807) is 19.9 Å². The molecule has 1 amide bonds. The van der Waals surface area contributed by atoms with E-state index in [4.69, 9.17) is 0 Å². The molecule has 1 atom stereocenters. The van der Waals surface area contributed by atoms with Crippen molar-refractivity contribution in [2.24, 2.45) is 0 Å². The van der Waals surface area contributed by atoms with Crippen molar-refractivity contribution in [3.8, 4) is 0 Å². The van der Waals surface area contributed by atoms with Crippen molar-refractivity contribution < 1.29 is 19.6 Å². The second-order valence-electron chi connectivity index (χ2n) is 6.47. The maximum absolute atomic E-state index is 13.1. The van der Waals surface area contributed by atoms with Crippen molar-refractivity contribution in [2.75, 3.05) is 0 Å². The van der Waals surface area contributed by atoms with Crippen molar-refractivity contribution >= 4 is 17.6 Å². The third kappa shape index (κ3) is 3.03. The standard InChI is InChI=1S/C19H18N2O5/c1-11-7-12(2)16(21(25)26)9-15(11)18(22)20-10-14-6-4-3-5-13(14)8-17(20)19(23)24/h3-7,9,17H,8,10H2,1-2H3,(H,23,24). The van der Waals surface area contributed by atoms with Gasteiger partial charge in [0.25, 0.3) is 11.6 Å². The fraction of sp³-hybridized carbons (Fsp3) is 0.263. The summed E-state index contributed by atoms with van der Waals surface area (Å²) in [5, 5.41) is 20.8. The number of benzene rings is 2. The average molecular weight is 354 g/mol. The highest BCUT2D eigenvalue weighted by molar-refractivity contribution is 5.99. The van der Waals surface area contributed by atoms with E-state index < -0.39 is 22.8 Å². The molecule has 0 saturated carbocycles. The molecule has 1 unspecified atom stereocenters. The molecule has 0 radical (unpaired) electrons. The number of aryl methyl sites for hydroxylation is 2. The maximum atomic E-state index is 13.1. The number of nitro benzene ring substituents is 1. The Balaban J connectivity index is 2.04. The number of fused-ring (bicyclic) bond motifs is 1. The van der Waals surface area contributed by atoms with Gasteiger partial charge in [-0.05, 0) is 36.6 Å². The highest BCUT2D eigenvalue weighted by atomic mass is 16.6. The molecule has 7 nitrogen and oxygen atoms in total. The summed E-state index contributed by atoms with van der Waals surface area (Å²) in [6, 6.07) is 9.21. The predicted molar refractivity (Wildman–Crippen MR) is 94.0 cm³/mol. The fourth-order valence-electron chi connectivity index (χ4n) is 3.38. The third-order valence-electron chi connectivity index (χ3n) is 4.76. The highest BCUT2D eigenvalue weighted by Gasteiger charge is 2.36. The number of carboxylic acid groups (broad SMARTS) is 1. The number of hydrogen-bond donors (Lipinski definition) is 1. The van der Waals surface area contributed by atoms with Gasteiger partial charge >= 0.3 is 5.97 Å². The van der Waals surface area contributed by atoms with Crippen LogP contribution in [0, 0.1) is 24.0 Å². The molecular formula is C19H18N2O5. The molecule has 1 heterocycles. The zero-order valence-corrected chi connectivity index (χ0v) is 14.4. The summed E-state index contributed by atoms with van der Waals surface area (Å²) < 4.78 is 0. The first-order valence-electron chi connectivity index (χ1n) is 8.15. The number of aliphatic carboxylic acids is 1. The zero-order valence-electron chi connectivity index (χ0n) is 14.4. The minimum absolute atomic E-state index is 0.150. The molecule has 0 spiro atoms. The van der Waals surface area contributed by atoms with Gasteiger partial charge in [-0.25, -0.2) is 4.79 Å². The Morgan fingerprint density at radius 2 is 1.81 bits per heavy atom. The van der Waals surface area contributed by atoms with Gasteiger partial charge in [-0.2, -0.15) is 0 Å². The normalized spacial score (nSPS) is 16.1. The lowest BCUT2D eigenvalue weighted by atomic mass is 9.92. The van der Waals surface area contributed by atoms with E-state index in [2.05, 4.69) is 0 Å². The van der Waals surface area contributed by atoms with Gasteiger partial charge in [0.2, 0.25) is 0 Å². The fourth-order valence-corrected chi connectivity index (χ4v) is 3.38. The molecule has 1 N–H and O–H groups in total. The van der Waals surface area contributed by atoms with Gasteiger partial charge in [0, 0.05) is 30.2 Å². The summed E-state index contributed by atoms with van der Waals surface area (Å²) in [5.74, 6) is -1.60. The van der Waals surface area contributed by atoms with E-state index in [1.165, 1.54) is 11.0 Å². The van der Waals surface area contributed by atoms with Crippen LogP contribution in [-0.2, 0) is 17.8 Å². The van der Waals surface area contributed by atoms with Gasteiger partial charge < -0.3 is 10.0 Å². The second kappa shape index (κ2) is 6.59. The zero-order chi connectivity index (χ0) is 19.0. The molecule has 0 aliphatic carbocycles. The van der Waals surface area contributed by atoms with E-state index in [9.17, 15) is 24.8 Å². The van der Waals surface area contributed by atoms with Crippen LogP contribution in [0.4, 0.5) is 5.69 Å². The van der Waals surface area contributed by atoms with Crippen molar-refractivity contribution in [1.29, 1.82) is 0 Å². The van der Waals surface area contributed by atoms with E-state index in [1.807, 2.05) is 24.3 Å². The summed E-state index contributed by atoms with van der Waals surface area (Å²) in [4.78, 5) is 36.7. The number of carbonyl (C=O) groups excluding carboxylic acids is 1. The van der Waals surface area contributed by atoms with Gasteiger partial charge in [-0.1, -0.05) is 24.3 Å². The Morgan fingerprint density at radius 3 is 2.42 bits per heavy atom. The van der Waals surface area contributed by atoms with Crippen LogP contribution < -0.4 is 0 Å². The van der Waals surface area contributed by atoms with Crippen molar-refractivity contribution in [3.05, 3.63) is 74.3 Å². The van der Waals surface area contributed by atoms with Crippen molar-refractivity contribution in [2.45, 2.75) is 32.9 Å². The van der Waals surface area contributed by atoms with E-state index in [0.29, 0.717) is 11.1 Å². The summed E-state index contributed by atoms with van der Waals surface area (Å²) in [7, 11) is 0. The van der Waals surface area contributed by atoms with E-state index in [-0.39, 0.29) is 24.2 Å². The monoisotopic (exact) mass is 354 g/mol. The molecule has 0 bridgehead atoms. The molecule has 134 valence electrons. The molecule has 3 rings (SSSR count). The second-order valence-corrected chi connectivity index (χ2v) is 6.47. The Kier molecular flexibility index (Phi) is 4.46. The summed E-state index contributed by atoms with van der Waals surface area (Å²) in [6.07, 6.45) is 0.213. The van der Waals surface area contributed by atoms with Crippen LogP contribution in [-0.4, -0.2) is 32.8 Å². The van der Waals surface area contributed by atoms with Crippen LogP contribution in [0.15, 0.2) is 36.4 Å². The molecule has 26 heavy (non-hydrogen) atoms. The lowest BCUT2D eigenvalue weighted by Crippen LogP contribution is -2.48. The molecule has 1 aliphatic rings. The summed E-state index contributed by atoms with van der Waals surface area (Å²) >= 11 is 0. The van der Waals surface area contributed by atoms with E-state index in [0.717, 1.165) is 11.1 Å². The van der Waals surface area contributed by atoms with Crippen molar-refractivity contribution in [1.82, 2.24) is 4.90 Å². The van der Waals surface area contributed by atoms with Gasteiger partial charge in [0.15, 0.2) is 0 Å². The molecule has 0 aromatic heterocycles. The molecule has 7 heteroatoms. The molecular weight excluding hydrogens is 336 g/mol. The molecule has 2 aromatic rings. The molecule has 1 aliphatic heterocycles. The minimum atomic E-state index is -1.09. The number of amides is 1. The van der Waals surface area contributed by atoms with Crippen LogP contribution in [0.1, 0.15) is 32.6 Å². The number of hydrogen-bond acceptors (Lipinski definition) is 4. The number of nitro groups is 1. The van der Waals surface area contributed by atoms with Gasteiger partial charge in [-0.15, -0.1) is 0 Å². The lowest BCUT2D eigenvalue weighted by molar-refractivity contribution is -0.385. The molecule has 0 saturated heterocycles. The quantitative estimate of drug-likeness (QED) is 0.675. The first-order valence-corrected chi connectivity index (χ1v) is 8.15. The molecule has 0 fully saturated rings. The number of carboxylic acids is 1. The van der Waals surface area contributed by atoms with Crippen LogP contribution >= 0.6 is 0 Å².